The zero-order chi connectivity index (χ0) is 15.5. The zero-order valence-corrected chi connectivity index (χ0v) is 13.1. The van der Waals surface area contributed by atoms with Gasteiger partial charge in [-0.1, -0.05) is 6.92 Å². The number of hydrogen-bond donors (Lipinski definition) is 0. The van der Waals surface area contributed by atoms with Crippen LogP contribution in [0.15, 0.2) is 12.4 Å². The highest BCUT2D eigenvalue weighted by molar-refractivity contribution is 5.04. The number of hydrogen-bond acceptors (Lipinski definition) is 3. The summed E-state index contributed by atoms with van der Waals surface area (Å²) < 4.78 is 31.8. The van der Waals surface area contributed by atoms with E-state index in [9.17, 15) is 8.78 Å². The van der Waals surface area contributed by atoms with E-state index in [4.69, 9.17) is 4.74 Å². The van der Waals surface area contributed by atoms with Gasteiger partial charge in [0.1, 0.15) is 6.54 Å². The number of halogens is 2. The maximum atomic E-state index is 12.3. The lowest BCUT2D eigenvalue weighted by Gasteiger charge is -2.40. The summed E-state index contributed by atoms with van der Waals surface area (Å²) in [5.74, 6) is 0. The number of alkyl halides is 2. The maximum Gasteiger partial charge on any atom is 0.257 e. The first-order valence-electron chi connectivity index (χ1n) is 7.57. The highest BCUT2D eigenvalue weighted by Crippen LogP contribution is 2.28. The van der Waals surface area contributed by atoms with Gasteiger partial charge in [0, 0.05) is 31.0 Å². The fourth-order valence-corrected chi connectivity index (χ4v) is 2.97. The Morgan fingerprint density at radius 1 is 1.52 bits per heavy atom. The first-order valence-corrected chi connectivity index (χ1v) is 7.57. The number of aromatic nitrogens is 2. The molecule has 6 heteroatoms. The molecule has 1 saturated heterocycles. The van der Waals surface area contributed by atoms with E-state index < -0.39 is 6.43 Å². The molecule has 1 aliphatic heterocycles. The minimum Gasteiger partial charge on any atom is -0.375 e. The van der Waals surface area contributed by atoms with Crippen LogP contribution in [-0.4, -0.2) is 45.9 Å². The van der Waals surface area contributed by atoms with Crippen molar-refractivity contribution in [3.63, 3.8) is 0 Å². The lowest BCUT2D eigenvalue weighted by atomic mass is 9.92. The van der Waals surface area contributed by atoms with Crippen molar-refractivity contribution in [3.05, 3.63) is 18.0 Å². The summed E-state index contributed by atoms with van der Waals surface area (Å²) in [5.41, 5.74) is 0.901. The van der Waals surface area contributed by atoms with E-state index in [-0.39, 0.29) is 12.1 Å². The average Bonchev–Trinajstić information content (AvgIpc) is 2.81. The van der Waals surface area contributed by atoms with Gasteiger partial charge in [-0.05, 0) is 33.2 Å². The van der Waals surface area contributed by atoms with Crippen LogP contribution >= 0.6 is 0 Å². The molecule has 2 heterocycles. The molecule has 0 aliphatic carbocycles. The van der Waals surface area contributed by atoms with Gasteiger partial charge in [0.15, 0.2) is 0 Å². The third kappa shape index (κ3) is 4.74. The van der Waals surface area contributed by atoms with E-state index in [1.165, 1.54) is 4.68 Å². The van der Waals surface area contributed by atoms with Crippen molar-refractivity contribution < 1.29 is 13.5 Å². The lowest BCUT2D eigenvalue weighted by molar-refractivity contribution is -0.0838. The highest BCUT2D eigenvalue weighted by Gasteiger charge is 2.31. The standard InChI is InChI=1S/C15H25F2N3O/c1-4-19(13-5-6-21-15(2,3)7-13)9-12-8-18-20(10-12)11-14(16)17/h8,10,13-14H,4-7,9,11H2,1-3H3. The Morgan fingerprint density at radius 3 is 2.90 bits per heavy atom. The van der Waals surface area contributed by atoms with Crippen LogP contribution in [0.1, 0.15) is 39.2 Å². The van der Waals surface area contributed by atoms with Gasteiger partial charge < -0.3 is 4.74 Å². The quantitative estimate of drug-likeness (QED) is 0.809. The number of nitrogens with zero attached hydrogens (tertiary/aromatic N) is 3. The topological polar surface area (TPSA) is 30.3 Å². The van der Waals surface area contributed by atoms with Gasteiger partial charge in [-0.2, -0.15) is 5.10 Å². The first kappa shape index (κ1) is 16.4. The SMILES string of the molecule is CCN(Cc1cnn(CC(F)F)c1)C1CCOC(C)(C)C1. The van der Waals surface area contributed by atoms with Crippen molar-refractivity contribution in [2.75, 3.05) is 13.2 Å². The molecule has 4 nitrogen and oxygen atoms in total. The smallest absolute Gasteiger partial charge is 0.257 e. The van der Waals surface area contributed by atoms with Gasteiger partial charge in [0.05, 0.1) is 11.8 Å². The molecule has 1 aromatic heterocycles. The predicted octanol–water partition coefficient (Wildman–Crippen LogP) is 2.93. The van der Waals surface area contributed by atoms with Gasteiger partial charge in [-0.3, -0.25) is 9.58 Å². The number of ether oxygens (including phenoxy) is 1. The molecular weight excluding hydrogens is 276 g/mol. The normalized spacial score (nSPS) is 22.1. The molecule has 1 aromatic rings. The highest BCUT2D eigenvalue weighted by atomic mass is 19.3. The molecule has 0 amide bonds. The molecule has 21 heavy (non-hydrogen) atoms. The largest absolute Gasteiger partial charge is 0.375 e. The van der Waals surface area contributed by atoms with Gasteiger partial charge in [0.2, 0.25) is 0 Å². The van der Waals surface area contributed by atoms with Crippen LogP contribution in [0, 0.1) is 0 Å². The van der Waals surface area contributed by atoms with Crippen LogP contribution in [0.5, 0.6) is 0 Å². The third-order valence-corrected chi connectivity index (χ3v) is 3.99. The average molecular weight is 301 g/mol. The lowest BCUT2D eigenvalue weighted by Crippen LogP contribution is -2.45. The van der Waals surface area contributed by atoms with Gasteiger partial charge in [-0.15, -0.1) is 0 Å². The molecule has 0 spiro atoms. The van der Waals surface area contributed by atoms with Crippen LogP contribution in [0.4, 0.5) is 8.78 Å². The van der Waals surface area contributed by atoms with Crippen LogP contribution in [0.25, 0.3) is 0 Å². The molecule has 0 N–H and O–H groups in total. The summed E-state index contributed by atoms with van der Waals surface area (Å²) in [6.07, 6.45) is 3.06. The molecule has 0 saturated carbocycles. The second kappa shape index (κ2) is 6.83. The maximum absolute atomic E-state index is 12.3. The van der Waals surface area contributed by atoms with Crippen LogP contribution in [0.2, 0.25) is 0 Å². The summed E-state index contributed by atoms with van der Waals surface area (Å²) in [6.45, 7) is 8.49. The van der Waals surface area contributed by atoms with E-state index in [1.54, 1.807) is 12.4 Å². The Bertz CT molecular complexity index is 448. The summed E-state index contributed by atoms with van der Waals surface area (Å²) in [6, 6.07) is 0.470. The van der Waals surface area contributed by atoms with Crippen molar-refractivity contribution in [3.8, 4) is 0 Å². The Hall–Kier alpha value is -1.01. The first-order chi connectivity index (χ1) is 9.89. The van der Waals surface area contributed by atoms with Crippen LogP contribution in [-0.2, 0) is 17.8 Å². The van der Waals surface area contributed by atoms with E-state index in [0.717, 1.165) is 38.1 Å². The van der Waals surface area contributed by atoms with E-state index in [1.807, 2.05) is 0 Å². The fourth-order valence-electron chi connectivity index (χ4n) is 2.97. The molecule has 1 fully saturated rings. The van der Waals surface area contributed by atoms with Crippen molar-refractivity contribution in [1.29, 1.82) is 0 Å². The van der Waals surface area contributed by atoms with Gasteiger partial charge in [-0.25, -0.2) is 8.78 Å². The second-order valence-electron chi connectivity index (χ2n) is 6.28. The second-order valence-corrected chi connectivity index (χ2v) is 6.28. The summed E-state index contributed by atoms with van der Waals surface area (Å²) in [7, 11) is 0. The Morgan fingerprint density at radius 2 is 2.29 bits per heavy atom. The fraction of sp³-hybridized carbons (Fsp3) is 0.800. The molecular formula is C15H25F2N3O. The van der Waals surface area contributed by atoms with Gasteiger partial charge in [0.25, 0.3) is 6.43 Å². The Kier molecular flexibility index (Phi) is 5.32. The summed E-state index contributed by atoms with van der Waals surface area (Å²) in [5, 5.41) is 4.00. The molecule has 1 atom stereocenters. The van der Waals surface area contributed by atoms with E-state index in [2.05, 4.69) is 30.8 Å². The molecule has 0 aromatic carbocycles. The molecule has 0 bridgehead atoms. The molecule has 0 radical (unpaired) electrons. The summed E-state index contributed by atoms with van der Waals surface area (Å²) >= 11 is 0. The van der Waals surface area contributed by atoms with E-state index in [0.29, 0.717) is 6.04 Å². The van der Waals surface area contributed by atoms with Crippen molar-refractivity contribution in [1.82, 2.24) is 14.7 Å². The molecule has 2 rings (SSSR count). The Labute approximate surface area is 125 Å². The number of rotatable bonds is 6. The molecule has 1 aliphatic rings. The Balaban J connectivity index is 1.97. The van der Waals surface area contributed by atoms with Crippen LogP contribution in [0.3, 0.4) is 0 Å². The van der Waals surface area contributed by atoms with Crippen molar-refractivity contribution in [2.45, 2.75) is 64.8 Å². The summed E-state index contributed by atoms with van der Waals surface area (Å²) in [4.78, 5) is 2.38. The molecule has 1 unspecified atom stereocenters. The van der Waals surface area contributed by atoms with E-state index >= 15 is 0 Å². The van der Waals surface area contributed by atoms with Crippen molar-refractivity contribution >= 4 is 0 Å². The third-order valence-electron chi connectivity index (χ3n) is 3.99. The predicted molar refractivity (Wildman–Crippen MR) is 77.4 cm³/mol. The molecule has 120 valence electrons. The van der Waals surface area contributed by atoms with Crippen LogP contribution < -0.4 is 0 Å². The minimum absolute atomic E-state index is 0.0871. The minimum atomic E-state index is -2.36. The van der Waals surface area contributed by atoms with Gasteiger partial charge >= 0.3 is 0 Å². The zero-order valence-electron chi connectivity index (χ0n) is 13.1. The van der Waals surface area contributed by atoms with Crippen molar-refractivity contribution in [2.24, 2.45) is 0 Å². The monoisotopic (exact) mass is 301 g/mol.